The van der Waals surface area contributed by atoms with E-state index in [-0.39, 0.29) is 11.3 Å². The highest BCUT2D eigenvalue weighted by Gasteiger charge is 2.36. The third-order valence-electron chi connectivity index (χ3n) is 3.36. The van der Waals surface area contributed by atoms with Crippen LogP contribution in [0.3, 0.4) is 0 Å². The summed E-state index contributed by atoms with van der Waals surface area (Å²) in [5.41, 5.74) is 1.91. The van der Waals surface area contributed by atoms with Gasteiger partial charge in [-0.05, 0) is 31.2 Å². The van der Waals surface area contributed by atoms with Crippen LogP contribution in [0.2, 0.25) is 5.02 Å². The summed E-state index contributed by atoms with van der Waals surface area (Å²) in [6.45, 7) is 1.67. The smallest absolute Gasteiger partial charge is 0.385 e. The molecule has 0 spiro atoms. The minimum absolute atomic E-state index is 0.191. The number of aliphatic imine (C=N–C) groups is 1. The molecule has 4 nitrogen and oxygen atoms in total. The van der Waals surface area contributed by atoms with Crippen LogP contribution >= 0.6 is 11.6 Å². The first-order valence-electron chi connectivity index (χ1n) is 6.93. The van der Waals surface area contributed by atoms with Crippen LogP contribution in [0.5, 0.6) is 0 Å². The maximum Gasteiger partial charge on any atom is 0.385 e. The van der Waals surface area contributed by atoms with Gasteiger partial charge >= 0.3 is 5.97 Å². The molecule has 0 N–H and O–H groups in total. The minimum atomic E-state index is -0.885. The van der Waals surface area contributed by atoms with E-state index < -0.39 is 11.8 Å². The summed E-state index contributed by atoms with van der Waals surface area (Å²) in [6, 6.07) is 15.9. The minimum Gasteiger partial charge on any atom is -0.419 e. The summed E-state index contributed by atoms with van der Waals surface area (Å²) in [7, 11) is 0. The lowest BCUT2D eigenvalue weighted by Crippen LogP contribution is -2.13. The molecule has 0 bridgehead atoms. The van der Waals surface area contributed by atoms with Gasteiger partial charge in [0.1, 0.15) is 0 Å². The molecular weight excluding hydrogens is 314 g/mol. The molecule has 1 aliphatic heterocycles. The van der Waals surface area contributed by atoms with Gasteiger partial charge in [0, 0.05) is 10.6 Å². The summed E-state index contributed by atoms with van der Waals surface area (Å²) in [4.78, 5) is 28.2. The number of hydrogen-bond donors (Lipinski definition) is 0. The van der Waals surface area contributed by atoms with Gasteiger partial charge in [-0.15, -0.1) is 0 Å². The van der Waals surface area contributed by atoms with Crippen LogP contribution in [-0.4, -0.2) is 17.5 Å². The fourth-order valence-corrected chi connectivity index (χ4v) is 2.41. The van der Waals surface area contributed by atoms with Gasteiger partial charge in [0.15, 0.2) is 5.76 Å². The van der Waals surface area contributed by atoms with Crippen molar-refractivity contribution < 1.29 is 14.3 Å². The van der Waals surface area contributed by atoms with Crippen molar-refractivity contribution in [1.29, 1.82) is 0 Å². The summed E-state index contributed by atoms with van der Waals surface area (Å²) >= 11 is 5.84. The molecule has 0 saturated heterocycles. The molecule has 2 aromatic rings. The van der Waals surface area contributed by atoms with Crippen LogP contribution in [0.4, 0.5) is 5.69 Å². The van der Waals surface area contributed by atoms with Gasteiger partial charge in [0.25, 0.3) is 5.78 Å². The van der Waals surface area contributed by atoms with E-state index in [0.29, 0.717) is 22.0 Å². The van der Waals surface area contributed by atoms with Crippen molar-refractivity contribution in [3.8, 4) is 0 Å². The van der Waals surface area contributed by atoms with E-state index in [1.807, 2.05) is 18.2 Å². The zero-order valence-electron chi connectivity index (χ0n) is 12.2. The molecule has 5 heteroatoms. The van der Waals surface area contributed by atoms with Gasteiger partial charge in [-0.1, -0.05) is 41.9 Å². The van der Waals surface area contributed by atoms with Gasteiger partial charge < -0.3 is 4.74 Å². The Hall–Kier alpha value is -2.72. The van der Waals surface area contributed by atoms with E-state index in [9.17, 15) is 9.59 Å². The number of halogens is 1. The van der Waals surface area contributed by atoms with Crippen LogP contribution in [0.25, 0.3) is 5.76 Å². The molecule has 0 radical (unpaired) electrons. The zero-order valence-corrected chi connectivity index (χ0v) is 13.0. The second-order valence-electron chi connectivity index (χ2n) is 4.96. The zero-order chi connectivity index (χ0) is 16.4. The Labute approximate surface area is 138 Å². The quantitative estimate of drug-likeness (QED) is 0.487. The lowest BCUT2D eigenvalue weighted by Gasteiger charge is -2.04. The predicted octanol–water partition coefficient (Wildman–Crippen LogP) is 3.97. The number of cyclic esters (lactones) is 1. The molecule has 23 heavy (non-hydrogen) atoms. The lowest BCUT2D eigenvalue weighted by molar-refractivity contribution is -0.144. The molecule has 0 unspecified atom stereocenters. The van der Waals surface area contributed by atoms with Crippen molar-refractivity contribution in [3.05, 3.63) is 70.8 Å². The lowest BCUT2D eigenvalue weighted by atomic mass is 10.0. The van der Waals surface area contributed by atoms with E-state index in [1.165, 1.54) is 0 Å². The molecule has 0 amide bonds. The highest BCUT2D eigenvalue weighted by Crippen LogP contribution is 2.29. The van der Waals surface area contributed by atoms with Crippen LogP contribution < -0.4 is 0 Å². The third-order valence-corrected chi connectivity index (χ3v) is 3.61. The van der Waals surface area contributed by atoms with Crippen molar-refractivity contribution in [2.45, 2.75) is 6.92 Å². The van der Waals surface area contributed by atoms with Gasteiger partial charge in [-0.3, -0.25) is 9.79 Å². The number of carbonyl (C=O) groups is 2. The van der Waals surface area contributed by atoms with E-state index in [4.69, 9.17) is 16.3 Å². The summed E-state index contributed by atoms with van der Waals surface area (Å²) in [5.74, 6) is -1.32. The normalized spacial score (nSPS) is 15.1. The summed E-state index contributed by atoms with van der Waals surface area (Å²) in [6.07, 6.45) is 0. The number of carbonyl (C=O) groups excluding carboxylic acids is 2. The fourth-order valence-electron chi connectivity index (χ4n) is 2.28. The molecule has 1 heterocycles. The number of benzene rings is 2. The molecule has 3 rings (SSSR count). The number of Topliss-reactive ketones (excluding diaryl/α,β-unsaturated/α-hetero) is 1. The number of esters is 1. The Morgan fingerprint density at radius 2 is 1.65 bits per heavy atom. The molecule has 0 atom stereocenters. The number of ether oxygens (including phenoxy) is 1. The second kappa shape index (κ2) is 6.18. The Morgan fingerprint density at radius 3 is 2.30 bits per heavy atom. The first kappa shape index (κ1) is 15.2. The third kappa shape index (κ3) is 3.07. The maximum absolute atomic E-state index is 12.1. The van der Waals surface area contributed by atoms with Crippen molar-refractivity contribution >= 4 is 40.5 Å². The van der Waals surface area contributed by atoms with Crippen molar-refractivity contribution in [3.63, 3.8) is 0 Å². The summed E-state index contributed by atoms with van der Waals surface area (Å²) < 4.78 is 5.14. The first-order valence-corrected chi connectivity index (χ1v) is 7.31. The largest absolute Gasteiger partial charge is 0.419 e. The molecular formula is C18H12ClNO3. The maximum atomic E-state index is 12.1. The second-order valence-corrected chi connectivity index (χ2v) is 5.40. The van der Waals surface area contributed by atoms with Gasteiger partial charge in [0.05, 0.1) is 17.0 Å². The van der Waals surface area contributed by atoms with Crippen molar-refractivity contribution in [1.82, 2.24) is 0 Å². The highest BCUT2D eigenvalue weighted by atomic mass is 35.5. The van der Waals surface area contributed by atoms with Crippen molar-refractivity contribution in [2.24, 2.45) is 4.99 Å². The SMILES string of the molecule is CC(=Nc1ccc(Cl)cc1)C1=C(c2ccccc2)OC(=O)C1=O. The molecule has 0 saturated carbocycles. The molecule has 0 aliphatic carbocycles. The van der Waals surface area contributed by atoms with Crippen LogP contribution in [0, 0.1) is 0 Å². The van der Waals surface area contributed by atoms with Crippen LogP contribution in [0.15, 0.2) is 65.2 Å². The Morgan fingerprint density at radius 1 is 1.00 bits per heavy atom. The van der Waals surface area contributed by atoms with Crippen LogP contribution in [-0.2, 0) is 14.3 Å². The van der Waals surface area contributed by atoms with Crippen LogP contribution in [0.1, 0.15) is 12.5 Å². The molecule has 114 valence electrons. The first-order chi connectivity index (χ1) is 11.1. The highest BCUT2D eigenvalue weighted by molar-refractivity contribution is 6.53. The average Bonchev–Trinajstić information content (AvgIpc) is 2.86. The molecule has 2 aromatic carbocycles. The Bertz CT molecular complexity index is 836. The number of nitrogens with zero attached hydrogens (tertiary/aromatic N) is 1. The van der Waals surface area contributed by atoms with Gasteiger partial charge in [-0.2, -0.15) is 0 Å². The topological polar surface area (TPSA) is 55.7 Å². The number of ketones is 1. The van der Waals surface area contributed by atoms with Gasteiger partial charge in [0.2, 0.25) is 0 Å². The van der Waals surface area contributed by atoms with E-state index in [0.717, 1.165) is 0 Å². The predicted molar refractivity (Wildman–Crippen MR) is 88.7 cm³/mol. The fraction of sp³-hybridized carbons (Fsp3) is 0.0556. The van der Waals surface area contributed by atoms with Gasteiger partial charge in [-0.25, -0.2) is 4.79 Å². The number of hydrogen-bond acceptors (Lipinski definition) is 4. The number of rotatable bonds is 3. The van der Waals surface area contributed by atoms with E-state index >= 15 is 0 Å². The van der Waals surface area contributed by atoms with Crippen molar-refractivity contribution in [2.75, 3.05) is 0 Å². The molecule has 0 aromatic heterocycles. The summed E-state index contributed by atoms with van der Waals surface area (Å²) in [5, 5.41) is 0.598. The Balaban J connectivity index is 2.07. The van der Waals surface area contributed by atoms with E-state index in [2.05, 4.69) is 4.99 Å². The molecule has 0 fully saturated rings. The molecule has 1 aliphatic rings. The standard InChI is InChI=1S/C18H12ClNO3/c1-11(20-14-9-7-13(19)8-10-14)15-16(21)18(22)23-17(15)12-5-3-2-4-6-12/h2-10H,1H3. The van der Waals surface area contributed by atoms with E-state index in [1.54, 1.807) is 43.3 Å². The monoisotopic (exact) mass is 325 g/mol. The average molecular weight is 326 g/mol. The Kier molecular flexibility index (Phi) is 4.08.